The van der Waals surface area contributed by atoms with Crippen LogP contribution in [0, 0.1) is 0 Å². The van der Waals surface area contributed by atoms with E-state index in [0.717, 1.165) is 22.6 Å². The molecule has 3 aliphatic rings. The third-order valence-electron chi connectivity index (χ3n) is 6.56. The Balaban J connectivity index is 1.77. The minimum atomic E-state index is 0.878. The highest BCUT2D eigenvalue weighted by Crippen LogP contribution is 2.37. The van der Waals surface area contributed by atoms with Crippen LogP contribution in [-0.2, 0) is 0 Å². The van der Waals surface area contributed by atoms with Gasteiger partial charge in [-0.15, -0.1) is 0 Å². The van der Waals surface area contributed by atoms with Crippen LogP contribution in [0.15, 0.2) is 0 Å². The first-order chi connectivity index (χ1) is 10.8. The van der Waals surface area contributed by atoms with Gasteiger partial charge in [-0.1, -0.05) is 44.9 Å². The largest absolute Gasteiger partial charge is 0.300 e. The van der Waals surface area contributed by atoms with E-state index in [1.807, 2.05) is 0 Å². The van der Waals surface area contributed by atoms with Crippen molar-refractivity contribution in [1.29, 1.82) is 0 Å². The smallest absolute Gasteiger partial charge is 0.00955 e. The average Bonchev–Trinajstić information content (AvgIpc) is 2.65. The first-order valence-corrected chi connectivity index (χ1v) is 11.1. The highest BCUT2D eigenvalue weighted by Gasteiger charge is 2.28. The van der Waals surface area contributed by atoms with E-state index in [-0.39, 0.29) is 0 Å². The van der Waals surface area contributed by atoms with E-state index in [1.54, 1.807) is 0 Å². The lowest BCUT2D eigenvalue weighted by atomic mass is 9.93. The second-order valence-corrected chi connectivity index (χ2v) is 9.74. The Labute approximate surface area is 143 Å². The summed E-state index contributed by atoms with van der Waals surface area (Å²) in [5.41, 5.74) is 0. The molecule has 3 rings (SSSR count). The number of hydrogen-bond acceptors (Lipinski definition) is 2. The van der Waals surface area contributed by atoms with Crippen molar-refractivity contribution in [3.63, 3.8) is 0 Å². The van der Waals surface area contributed by atoms with Crippen molar-refractivity contribution in [3.8, 4) is 0 Å². The van der Waals surface area contributed by atoms with E-state index < -0.39 is 0 Å². The van der Waals surface area contributed by atoms with Crippen LogP contribution in [-0.4, -0.2) is 34.5 Å². The molecule has 2 heteroatoms. The predicted molar refractivity (Wildman–Crippen MR) is 99.8 cm³/mol. The Bertz CT molecular complexity index is 319. The van der Waals surface area contributed by atoms with Gasteiger partial charge in [0.25, 0.3) is 0 Å². The highest BCUT2D eigenvalue weighted by molar-refractivity contribution is 8.00. The minimum Gasteiger partial charge on any atom is -0.300 e. The van der Waals surface area contributed by atoms with E-state index >= 15 is 0 Å². The molecular weight excluding hydrogens is 286 g/mol. The molecule has 0 aromatic rings. The monoisotopic (exact) mass is 323 g/mol. The van der Waals surface area contributed by atoms with E-state index in [9.17, 15) is 0 Å². The van der Waals surface area contributed by atoms with Crippen LogP contribution in [0.5, 0.6) is 0 Å². The summed E-state index contributed by atoms with van der Waals surface area (Å²) in [6.45, 7) is 0. The molecule has 1 nitrogen and oxygen atoms in total. The normalized spacial score (nSPS) is 39.7. The SMILES string of the molecule is CN1C2CCCCCCC(CC2)SC2CCCCCC1CC2. The summed E-state index contributed by atoms with van der Waals surface area (Å²) in [4.78, 5) is 2.84. The fraction of sp³-hybridized carbons (Fsp3) is 1.00. The Morgan fingerprint density at radius 2 is 1.00 bits per heavy atom. The summed E-state index contributed by atoms with van der Waals surface area (Å²) in [7, 11) is 2.47. The molecule has 3 fully saturated rings. The lowest BCUT2D eigenvalue weighted by molar-refractivity contribution is 0.131. The van der Waals surface area contributed by atoms with Crippen molar-refractivity contribution >= 4 is 11.8 Å². The Morgan fingerprint density at radius 1 is 0.545 bits per heavy atom. The Morgan fingerprint density at radius 3 is 1.55 bits per heavy atom. The van der Waals surface area contributed by atoms with Crippen LogP contribution in [0.25, 0.3) is 0 Å². The van der Waals surface area contributed by atoms with Crippen molar-refractivity contribution in [1.82, 2.24) is 4.90 Å². The van der Waals surface area contributed by atoms with Crippen LogP contribution in [0.2, 0.25) is 0 Å². The Kier molecular flexibility index (Phi) is 6.99. The molecule has 0 aromatic heterocycles. The zero-order valence-corrected chi connectivity index (χ0v) is 15.6. The zero-order chi connectivity index (χ0) is 15.2. The number of fused-ring (bicyclic) bond motifs is 6. The fourth-order valence-corrected chi connectivity index (χ4v) is 6.72. The third-order valence-corrected chi connectivity index (χ3v) is 8.27. The molecule has 2 saturated carbocycles. The van der Waals surface area contributed by atoms with Gasteiger partial charge in [0, 0.05) is 22.6 Å². The lowest BCUT2D eigenvalue weighted by Gasteiger charge is -2.38. The van der Waals surface area contributed by atoms with Crippen molar-refractivity contribution in [2.45, 2.75) is 119 Å². The summed E-state index contributed by atoms with van der Waals surface area (Å²) in [6.07, 6.45) is 22.2. The number of nitrogens with zero attached hydrogens (tertiary/aromatic N) is 1. The van der Waals surface area contributed by atoms with Crippen molar-refractivity contribution in [3.05, 3.63) is 0 Å². The van der Waals surface area contributed by atoms with Crippen molar-refractivity contribution in [2.24, 2.45) is 0 Å². The number of thioether (sulfide) groups is 1. The molecule has 0 spiro atoms. The first-order valence-electron chi connectivity index (χ1n) is 10.2. The van der Waals surface area contributed by atoms with Gasteiger partial charge in [0.15, 0.2) is 0 Å². The molecule has 0 amide bonds. The van der Waals surface area contributed by atoms with Gasteiger partial charge in [-0.3, -0.25) is 0 Å². The predicted octanol–water partition coefficient (Wildman–Crippen LogP) is 6.02. The quantitative estimate of drug-likeness (QED) is 0.536. The van der Waals surface area contributed by atoms with Gasteiger partial charge >= 0.3 is 0 Å². The van der Waals surface area contributed by atoms with Gasteiger partial charge in [-0.2, -0.15) is 11.8 Å². The van der Waals surface area contributed by atoms with Crippen LogP contribution in [0.4, 0.5) is 0 Å². The molecule has 22 heavy (non-hydrogen) atoms. The lowest BCUT2D eigenvalue weighted by Crippen LogP contribution is -2.41. The summed E-state index contributed by atoms with van der Waals surface area (Å²) in [6, 6.07) is 1.76. The fourth-order valence-electron chi connectivity index (χ4n) is 5.03. The van der Waals surface area contributed by atoms with Crippen molar-refractivity contribution < 1.29 is 0 Å². The molecule has 128 valence electrons. The maximum atomic E-state index is 2.84. The highest BCUT2D eigenvalue weighted by atomic mass is 32.2. The maximum Gasteiger partial charge on any atom is 0.00955 e. The van der Waals surface area contributed by atoms with Gasteiger partial charge in [0.2, 0.25) is 0 Å². The summed E-state index contributed by atoms with van der Waals surface area (Å²) in [5, 5.41) is 1.94. The molecular formula is C20H37NS. The number of rotatable bonds is 0. The zero-order valence-electron chi connectivity index (χ0n) is 14.8. The molecule has 0 N–H and O–H groups in total. The van der Waals surface area contributed by atoms with Gasteiger partial charge in [0.05, 0.1) is 0 Å². The van der Waals surface area contributed by atoms with E-state index in [1.165, 1.54) is 96.3 Å². The molecule has 1 saturated heterocycles. The van der Waals surface area contributed by atoms with Gasteiger partial charge in [-0.05, 0) is 58.4 Å². The van der Waals surface area contributed by atoms with E-state index in [0.29, 0.717) is 0 Å². The van der Waals surface area contributed by atoms with E-state index in [4.69, 9.17) is 0 Å². The Hall–Kier alpha value is 0.310. The summed E-state index contributed by atoms with van der Waals surface area (Å²) in [5.74, 6) is 0. The molecule has 1 aliphatic heterocycles. The summed E-state index contributed by atoms with van der Waals surface area (Å²) >= 11 is 2.42. The van der Waals surface area contributed by atoms with Crippen molar-refractivity contribution in [2.75, 3.05) is 7.05 Å². The van der Waals surface area contributed by atoms with Crippen LogP contribution >= 0.6 is 11.8 Å². The second kappa shape index (κ2) is 8.97. The second-order valence-electron chi connectivity index (χ2n) is 8.14. The first kappa shape index (κ1) is 17.1. The average molecular weight is 324 g/mol. The molecule has 1 heterocycles. The van der Waals surface area contributed by atoms with Crippen LogP contribution in [0.3, 0.4) is 0 Å². The molecule has 0 radical (unpaired) electrons. The summed E-state index contributed by atoms with van der Waals surface area (Å²) < 4.78 is 0. The third kappa shape index (κ3) is 4.90. The van der Waals surface area contributed by atoms with E-state index in [2.05, 4.69) is 23.7 Å². The molecule has 4 unspecified atom stereocenters. The topological polar surface area (TPSA) is 3.24 Å². The maximum absolute atomic E-state index is 2.84. The minimum absolute atomic E-state index is 0.878. The van der Waals surface area contributed by atoms with Gasteiger partial charge in [0.1, 0.15) is 0 Å². The standard InChI is InChI=1S/C20H37NS/c1-21-17-9-5-2-3-7-11-19(15-13-17)22-20-12-8-4-6-10-18(21)14-16-20/h17-20H,2-16H2,1H3. The van der Waals surface area contributed by atoms with Gasteiger partial charge in [-0.25, -0.2) is 0 Å². The van der Waals surface area contributed by atoms with Crippen LogP contribution < -0.4 is 0 Å². The molecule has 2 aliphatic carbocycles. The van der Waals surface area contributed by atoms with Gasteiger partial charge < -0.3 is 4.90 Å². The molecule has 4 atom stereocenters. The molecule has 0 aromatic carbocycles. The number of hydrogen-bond donors (Lipinski definition) is 0. The molecule has 4 bridgehead atoms. The van der Waals surface area contributed by atoms with Crippen LogP contribution in [0.1, 0.15) is 96.3 Å².